The number of hydrogen-bond acceptors (Lipinski definition) is 3. The number of fused-ring (bicyclic) bond motifs is 1. The summed E-state index contributed by atoms with van der Waals surface area (Å²) in [5.74, 6) is 0.574. The van der Waals surface area contributed by atoms with Gasteiger partial charge in [-0.2, -0.15) is 0 Å². The Morgan fingerprint density at radius 2 is 2.10 bits per heavy atom. The van der Waals surface area contributed by atoms with Crippen LogP contribution < -0.4 is 10.5 Å². The zero-order chi connectivity index (χ0) is 13.9. The molecular weight excluding hydrogens is 257 g/mol. The van der Waals surface area contributed by atoms with Gasteiger partial charge in [-0.1, -0.05) is 19.3 Å². The van der Waals surface area contributed by atoms with Crippen molar-refractivity contribution in [1.29, 1.82) is 0 Å². The van der Waals surface area contributed by atoms with Crippen LogP contribution in [0.4, 0.5) is 4.39 Å². The Balaban J connectivity index is 1.53. The van der Waals surface area contributed by atoms with Crippen molar-refractivity contribution in [1.82, 2.24) is 0 Å². The number of rotatable bonds is 3. The number of halogens is 1. The maximum absolute atomic E-state index is 13.2. The van der Waals surface area contributed by atoms with Gasteiger partial charge in [-0.15, -0.1) is 0 Å². The Morgan fingerprint density at radius 3 is 3.00 bits per heavy atom. The van der Waals surface area contributed by atoms with Crippen molar-refractivity contribution < 1.29 is 13.9 Å². The SMILES string of the molecule is NC1CCCCCC1OCC1Cc2cc(F)ccc2O1. The fourth-order valence-electron chi connectivity index (χ4n) is 3.12. The summed E-state index contributed by atoms with van der Waals surface area (Å²) in [4.78, 5) is 0. The lowest BCUT2D eigenvalue weighted by Crippen LogP contribution is -2.38. The molecule has 1 heterocycles. The highest BCUT2D eigenvalue weighted by atomic mass is 19.1. The van der Waals surface area contributed by atoms with E-state index in [0.29, 0.717) is 6.61 Å². The van der Waals surface area contributed by atoms with E-state index < -0.39 is 0 Å². The zero-order valence-electron chi connectivity index (χ0n) is 11.7. The molecule has 0 amide bonds. The van der Waals surface area contributed by atoms with Gasteiger partial charge in [-0.25, -0.2) is 4.39 Å². The van der Waals surface area contributed by atoms with Gasteiger partial charge in [0.2, 0.25) is 0 Å². The first-order valence-corrected chi connectivity index (χ1v) is 7.54. The summed E-state index contributed by atoms with van der Waals surface area (Å²) in [6.45, 7) is 0.536. The molecule has 0 saturated heterocycles. The van der Waals surface area contributed by atoms with Crippen LogP contribution in [0.2, 0.25) is 0 Å². The minimum Gasteiger partial charge on any atom is -0.487 e. The van der Waals surface area contributed by atoms with Gasteiger partial charge in [0.1, 0.15) is 17.7 Å². The predicted molar refractivity (Wildman–Crippen MR) is 75.3 cm³/mol. The van der Waals surface area contributed by atoms with Crippen molar-refractivity contribution in [3.63, 3.8) is 0 Å². The van der Waals surface area contributed by atoms with E-state index >= 15 is 0 Å². The average Bonchev–Trinajstić information content (AvgIpc) is 2.71. The summed E-state index contributed by atoms with van der Waals surface area (Å²) >= 11 is 0. The molecule has 1 aliphatic heterocycles. The van der Waals surface area contributed by atoms with Gasteiger partial charge in [-0.3, -0.25) is 0 Å². The van der Waals surface area contributed by atoms with E-state index in [9.17, 15) is 4.39 Å². The van der Waals surface area contributed by atoms with E-state index in [2.05, 4.69) is 0 Å². The van der Waals surface area contributed by atoms with E-state index in [1.54, 1.807) is 12.1 Å². The number of nitrogens with two attached hydrogens (primary N) is 1. The first kappa shape index (κ1) is 13.8. The minimum absolute atomic E-state index is 0.0118. The normalized spacial score (nSPS) is 29.6. The summed E-state index contributed by atoms with van der Waals surface area (Å²) in [7, 11) is 0. The maximum Gasteiger partial charge on any atom is 0.126 e. The van der Waals surface area contributed by atoms with Crippen molar-refractivity contribution in [2.45, 2.75) is 56.8 Å². The molecule has 0 aromatic heterocycles. The second kappa shape index (κ2) is 6.10. The zero-order valence-corrected chi connectivity index (χ0v) is 11.7. The third-order valence-corrected chi connectivity index (χ3v) is 4.26. The molecule has 1 aromatic carbocycles. The molecule has 3 nitrogen and oxygen atoms in total. The van der Waals surface area contributed by atoms with E-state index in [0.717, 1.165) is 30.6 Å². The second-order valence-corrected chi connectivity index (χ2v) is 5.87. The smallest absolute Gasteiger partial charge is 0.126 e. The molecule has 3 atom stereocenters. The van der Waals surface area contributed by atoms with E-state index in [4.69, 9.17) is 15.2 Å². The monoisotopic (exact) mass is 279 g/mol. The van der Waals surface area contributed by atoms with Gasteiger partial charge in [0.05, 0.1) is 12.7 Å². The predicted octanol–water partition coefficient (Wildman–Crippen LogP) is 2.81. The molecule has 4 heteroatoms. The molecule has 110 valence electrons. The third kappa shape index (κ3) is 3.13. The van der Waals surface area contributed by atoms with Crippen LogP contribution in [0, 0.1) is 5.82 Å². The van der Waals surface area contributed by atoms with Crippen molar-refractivity contribution >= 4 is 0 Å². The van der Waals surface area contributed by atoms with Crippen LogP contribution in [-0.4, -0.2) is 24.9 Å². The Hall–Kier alpha value is -1.13. The van der Waals surface area contributed by atoms with Crippen LogP contribution in [0.1, 0.15) is 37.7 Å². The second-order valence-electron chi connectivity index (χ2n) is 5.87. The van der Waals surface area contributed by atoms with Gasteiger partial charge in [-0.05, 0) is 31.0 Å². The highest BCUT2D eigenvalue weighted by molar-refractivity contribution is 5.37. The third-order valence-electron chi connectivity index (χ3n) is 4.26. The van der Waals surface area contributed by atoms with Gasteiger partial charge < -0.3 is 15.2 Å². The molecule has 3 unspecified atom stereocenters. The van der Waals surface area contributed by atoms with Crippen molar-refractivity contribution in [2.24, 2.45) is 5.73 Å². The van der Waals surface area contributed by atoms with Gasteiger partial charge in [0.15, 0.2) is 0 Å². The minimum atomic E-state index is -0.209. The number of ether oxygens (including phenoxy) is 2. The average molecular weight is 279 g/mol. The molecular formula is C16H22FNO2. The molecule has 1 fully saturated rings. The van der Waals surface area contributed by atoms with Crippen molar-refractivity contribution in [2.75, 3.05) is 6.61 Å². The van der Waals surface area contributed by atoms with Gasteiger partial charge in [0, 0.05) is 18.0 Å². The standard InChI is InChI=1S/C16H22FNO2/c17-12-6-7-15-11(8-12)9-13(20-15)10-19-16-5-3-1-2-4-14(16)18/h6-8,13-14,16H,1-5,9-10,18H2. The van der Waals surface area contributed by atoms with Gasteiger partial charge >= 0.3 is 0 Å². The van der Waals surface area contributed by atoms with Crippen LogP contribution in [0.25, 0.3) is 0 Å². The Morgan fingerprint density at radius 1 is 1.25 bits per heavy atom. The fourth-order valence-corrected chi connectivity index (χ4v) is 3.12. The molecule has 1 aliphatic carbocycles. The summed E-state index contributed by atoms with van der Waals surface area (Å²) in [5, 5.41) is 0. The van der Waals surface area contributed by atoms with Gasteiger partial charge in [0.25, 0.3) is 0 Å². The van der Waals surface area contributed by atoms with Crippen LogP contribution in [0.15, 0.2) is 18.2 Å². The Bertz CT molecular complexity index is 466. The quantitative estimate of drug-likeness (QED) is 0.865. The highest BCUT2D eigenvalue weighted by Gasteiger charge is 2.27. The topological polar surface area (TPSA) is 44.5 Å². The lowest BCUT2D eigenvalue weighted by Gasteiger charge is -2.23. The van der Waals surface area contributed by atoms with Crippen LogP contribution in [0.5, 0.6) is 5.75 Å². The Labute approximate surface area is 119 Å². The molecule has 20 heavy (non-hydrogen) atoms. The van der Waals surface area contributed by atoms with Crippen LogP contribution in [-0.2, 0) is 11.2 Å². The summed E-state index contributed by atoms with van der Waals surface area (Å²) < 4.78 is 24.9. The number of benzene rings is 1. The first-order valence-electron chi connectivity index (χ1n) is 7.54. The lowest BCUT2D eigenvalue weighted by molar-refractivity contribution is -0.00837. The molecule has 3 rings (SSSR count). The summed E-state index contributed by atoms with van der Waals surface area (Å²) in [5.41, 5.74) is 7.09. The number of hydrogen-bond donors (Lipinski definition) is 1. The van der Waals surface area contributed by atoms with Crippen molar-refractivity contribution in [3.8, 4) is 5.75 Å². The fraction of sp³-hybridized carbons (Fsp3) is 0.625. The summed E-state index contributed by atoms with van der Waals surface area (Å²) in [6, 6.07) is 4.82. The first-order chi connectivity index (χ1) is 9.72. The molecule has 2 aliphatic rings. The maximum atomic E-state index is 13.2. The molecule has 2 N–H and O–H groups in total. The highest BCUT2D eigenvalue weighted by Crippen LogP contribution is 2.30. The van der Waals surface area contributed by atoms with Crippen LogP contribution in [0.3, 0.4) is 0 Å². The van der Waals surface area contributed by atoms with Crippen LogP contribution >= 0.6 is 0 Å². The summed E-state index contributed by atoms with van der Waals surface area (Å²) in [6.07, 6.45) is 6.56. The lowest BCUT2D eigenvalue weighted by atomic mass is 10.1. The molecule has 0 bridgehead atoms. The largest absolute Gasteiger partial charge is 0.487 e. The molecule has 0 spiro atoms. The molecule has 1 aromatic rings. The Kier molecular flexibility index (Phi) is 4.22. The molecule has 0 radical (unpaired) electrons. The van der Waals surface area contributed by atoms with Crippen molar-refractivity contribution in [3.05, 3.63) is 29.6 Å². The van der Waals surface area contributed by atoms with E-state index in [1.165, 1.54) is 25.3 Å². The van der Waals surface area contributed by atoms with E-state index in [1.807, 2.05) is 0 Å². The van der Waals surface area contributed by atoms with E-state index in [-0.39, 0.29) is 24.1 Å². The molecule has 1 saturated carbocycles.